The van der Waals surface area contributed by atoms with Gasteiger partial charge in [0.2, 0.25) is 5.91 Å². The molecule has 1 N–H and O–H groups in total. The van der Waals surface area contributed by atoms with E-state index in [0.29, 0.717) is 6.54 Å². The van der Waals surface area contributed by atoms with Gasteiger partial charge in [-0.2, -0.15) is 0 Å². The number of hydrogen-bond acceptors (Lipinski definition) is 7. The Morgan fingerprint density at radius 3 is 2.86 bits per heavy atom. The van der Waals surface area contributed by atoms with Crippen LogP contribution in [0.25, 0.3) is 10.6 Å². The molecule has 1 aromatic carbocycles. The molecule has 152 valence electrons. The van der Waals surface area contributed by atoms with Gasteiger partial charge in [0.15, 0.2) is 6.29 Å². The molecule has 0 aliphatic carbocycles. The molecule has 2 aromatic rings. The first kappa shape index (κ1) is 20.9. The van der Waals surface area contributed by atoms with Gasteiger partial charge >= 0.3 is 0 Å². The number of methoxy groups -OCH3 is 2. The van der Waals surface area contributed by atoms with Crippen LogP contribution < -0.4 is 5.32 Å². The summed E-state index contributed by atoms with van der Waals surface area (Å²) < 4.78 is 15.5. The summed E-state index contributed by atoms with van der Waals surface area (Å²) >= 11 is 1.56. The number of ether oxygens (including phenoxy) is 3. The first-order valence-electron chi connectivity index (χ1n) is 9.34. The topological polar surface area (TPSA) is 72.9 Å². The highest BCUT2D eigenvalue weighted by atomic mass is 32.1. The number of rotatable bonds is 9. The largest absolute Gasteiger partial charge is 0.379 e. The van der Waals surface area contributed by atoms with Crippen LogP contribution in [0.3, 0.4) is 0 Å². The maximum Gasteiger partial charge on any atom is 0.226 e. The summed E-state index contributed by atoms with van der Waals surface area (Å²) in [6.07, 6.45) is -0.200. The molecule has 1 fully saturated rings. The molecule has 7 nitrogen and oxygen atoms in total. The molecule has 1 aliphatic heterocycles. The van der Waals surface area contributed by atoms with Crippen molar-refractivity contribution in [3.05, 3.63) is 40.9 Å². The van der Waals surface area contributed by atoms with E-state index in [9.17, 15) is 4.79 Å². The van der Waals surface area contributed by atoms with Gasteiger partial charge < -0.3 is 19.5 Å². The molecule has 8 heteroatoms. The summed E-state index contributed by atoms with van der Waals surface area (Å²) in [6.45, 7) is 4.76. The number of nitrogens with one attached hydrogen (secondary N) is 1. The summed E-state index contributed by atoms with van der Waals surface area (Å²) in [4.78, 5) is 19.1. The van der Waals surface area contributed by atoms with Crippen LogP contribution in [0.1, 0.15) is 11.3 Å². The second-order valence-corrected chi connectivity index (χ2v) is 7.47. The van der Waals surface area contributed by atoms with Gasteiger partial charge in [-0.1, -0.05) is 18.2 Å². The molecule has 1 aromatic heterocycles. The smallest absolute Gasteiger partial charge is 0.226 e. The number of thiazole rings is 1. The van der Waals surface area contributed by atoms with Gasteiger partial charge in [0, 0.05) is 44.8 Å². The number of amides is 1. The molecule has 0 bridgehead atoms. The van der Waals surface area contributed by atoms with E-state index < -0.39 is 6.29 Å². The van der Waals surface area contributed by atoms with Crippen molar-refractivity contribution in [3.63, 3.8) is 0 Å². The van der Waals surface area contributed by atoms with E-state index in [1.807, 2.05) is 5.38 Å². The number of aromatic nitrogens is 1. The summed E-state index contributed by atoms with van der Waals surface area (Å²) in [5, 5.41) is 5.66. The molecular weight excluding hydrogens is 378 g/mol. The number of carbonyl (C=O) groups is 1. The number of morpholine rings is 1. The van der Waals surface area contributed by atoms with E-state index in [-0.39, 0.29) is 12.3 Å². The van der Waals surface area contributed by atoms with E-state index in [2.05, 4.69) is 39.5 Å². The Labute approximate surface area is 169 Å². The van der Waals surface area contributed by atoms with Gasteiger partial charge in [0.05, 0.1) is 31.9 Å². The zero-order chi connectivity index (χ0) is 19.8. The zero-order valence-electron chi connectivity index (χ0n) is 16.3. The summed E-state index contributed by atoms with van der Waals surface area (Å²) in [5.74, 6) is -0.1000. The molecule has 0 unspecified atom stereocenters. The molecule has 28 heavy (non-hydrogen) atoms. The van der Waals surface area contributed by atoms with Crippen molar-refractivity contribution in [1.82, 2.24) is 15.2 Å². The number of carbonyl (C=O) groups excluding carboxylic acids is 1. The number of benzene rings is 1. The normalized spacial score (nSPS) is 15.1. The van der Waals surface area contributed by atoms with Gasteiger partial charge in [-0.3, -0.25) is 9.69 Å². The second-order valence-electron chi connectivity index (χ2n) is 6.61. The van der Waals surface area contributed by atoms with Gasteiger partial charge in [-0.25, -0.2) is 4.98 Å². The third-order valence-corrected chi connectivity index (χ3v) is 5.51. The average Bonchev–Trinajstić information content (AvgIpc) is 3.18. The lowest BCUT2D eigenvalue weighted by Crippen LogP contribution is -2.35. The fourth-order valence-electron chi connectivity index (χ4n) is 3.03. The van der Waals surface area contributed by atoms with E-state index in [1.54, 1.807) is 25.6 Å². The van der Waals surface area contributed by atoms with E-state index >= 15 is 0 Å². The van der Waals surface area contributed by atoms with Crippen LogP contribution in [0, 0.1) is 0 Å². The van der Waals surface area contributed by atoms with Crippen molar-refractivity contribution < 1.29 is 19.0 Å². The molecule has 3 rings (SSSR count). The monoisotopic (exact) mass is 405 g/mol. The maximum absolute atomic E-state index is 12.1. The van der Waals surface area contributed by atoms with Crippen LogP contribution in [-0.4, -0.2) is 69.1 Å². The molecule has 0 radical (unpaired) electrons. The minimum Gasteiger partial charge on any atom is -0.379 e. The van der Waals surface area contributed by atoms with E-state index in [1.165, 1.54) is 5.56 Å². The summed E-state index contributed by atoms with van der Waals surface area (Å²) in [7, 11) is 3.08. The fraction of sp³-hybridized carbons (Fsp3) is 0.500. The second kappa shape index (κ2) is 10.6. The molecule has 0 atom stereocenters. The maximum atomic E-state index is 12.1. The predicted molar refractivity (Wildman–Crippen MR) is 108 cm³/mol. The van der Waals surface area contributed by atoms with Crippen molar-refractivity contribution >= 4 is 17.2 Å². The number of nitrogens with zero attached hydrogens (tertiary/aromatic N) is 2. The lowest BCUT2D eigenvalue weighted by atomic mass is 10.1. The fourth-order valence-corrected chi connectivity index (χ4v) is 3.84. The lowest BCUT2D eigenvalue weighted by molar-refractivity contribution is -0.126. The van der Waals surface area contributed by atoms with Crippen LogP contribution in [0.5, 0.6) is 0 Å². The van der Waals surface area contributed by atoms with Gasteiger partial charge in [0.1, 0.15) is 5.01 Å². The standard InChI is InChI=1S/C20H27N3O4S/c1-25-19(26-2)12-21-18(24)11-17-14-28-20(22-17)16-5-3-4-15(10-16)13-23-6-8-27-9-7-23/h3-5,10,14,19H,6-9,11-13H2,1-2H3,(H,21,24). The highest BCUT2D eigenvalue weighted by Gasteiger charge is 2.13. The van der Waals surface area contributed by atoms with Crippen LogP contribution in [0.15, 0.2) is 29.6 Å². The van der Waals surface area contributed by atoms with Crippen LogP contribution >= 0.6 is 11.3 Å². The van der Waals surface area contributed by atoms with Crippen molar-refractivity contribution in [2.75, 3.05) is 47.1 Å². The zero-order valence-corrected chi connectivity index (χ0v) is 17.2. The summed E-state index contributed by atoms with van der Waals surface area (Å²) in [5.41, 5.74) is 3.11. The Morgan fingerprint density at radius 2 is 2.11 bits per heavy atom. The van der Waals surface area contributed by atoms with E-state index in [4.69, 9.17) is 14.2 Å². The Balaban J connectivity index is 1.57. The van der Waals surface area contributed by atoms with Gasteiger partial charge in [-0.15, -0.1) is 11.3 Å². The SMILES string of the molecule is COC(CNC(=O)Cc1csc(-c2cccc(CN3CCOCC3)c2)n1)OC. The quantitative estimate of drug-likeness (QED) is 0.643. The molecule has 1 aliphatic rings. The Bertz CT molecular complexity index is 757. The molecule has 0 spiro atoms. The number of hydrogen-bond donors (Lipinski definition) is 1. The highest BCUT2D eigenvalue weighted by Crippen LogP contribution is 2.25. The predicted octanol–water partition coefficient (Wildman–Crippen LogP) is 1.92. The Morgan fingerprint density at radius 1 is 1.32 bits per heavy atom. The van der Waals surface area contributed by atoms with Crippen molar-refractivity contribution in [2.45, 2.75) is 19.3 Å². The van der Waals surface area contributed by atoms with Crippen LogP contribution in [0.4, 0.5) is 0 Å². The van der Waals surface area contributed by atoms with Gasteiger partial charge in [-0.05, 0) is 11.6 Å². The highest BCUT2D eigenvalue weighted by molar-refractivity contribution is 7.13. The van der Waals surface area contributed by atoms with Gasteiger partial charge in [0.25, 0.3) is 0 Å². The average molecular weight is 406 g/mol. The summed E-state index contributed by atoms with van der Waals surface area (Å²) in [6, 6.07) is 8.45. The van der Waals surface area contributed by atoms with Crippen molar-refractivity contribution in [1.29, 1.82) is 0 Å². The minimum absolute atomic E-state index is 0.1000. The Hall–Kier alpha value is -1.84. The minimum atomic E-state index is -0.441. The Kier molecular flexibility index (Phi) is 7.93. The molecular formula is C20H27N3O4S. The van der Waals surface area contributed by atoms with Crippen molar-refractivity contribution in [2.24, 2.45) is 0 Å². The van der Waals surface area contributed by atoms with Crippen LogP contribution in [0.2, 0.25) is 0 Å². The van der Waals surface area contributed by atoms with E-state index in [0.717, 1.165) is 49.1 Å². The first-order valence-corrected chi connectivity index (χ1v) is 10.2. The first-order chi connectivity index (χ1) is 13.7. The molecule has 0 saturated carbocycles. The molecule has 1 saturated heterocycles. The molecule has 2 heterocycles. The third-order valence-electron chi connectivity index (χ3n) is 4.57. The lowest BCUT2D eigenvalue weighted by Gasteiger charge is -2.26. The van der Waals surface area contributed by atoms with Crippen molar-refractivity contribution in [3.8, 4) is 10.6 Å². The third kappa shape index (κ3) is 6.08. The molecule has 1 amide bonds. The van der Waals surface area contributed by atoms with Crippen LogP contribution in [-0.2, 0) is 32.0 Å².